The number of rotatable bonds is 2. The summed E-state index contributed by atoms with van der Waals surface area (Å²) in [6.07, 6.45) is -0.564. The van der Waals surface area contributed by atoms with Gasteiger partial charge >= 0.3 is 6.09 Å². The van der Waals surface area contributed by atoms with Crippen molar-refractivity contribution in [3.8, 4) is 5.75 Å². The molecule has 76 valence electrons. The lowest BCUT2D eigenvalue weighted by molar-refractivity contribution is 0.187. The van der Waals surface area contributed by atoms with E-state index in [2.05, 4.69) is 10.1 Å². The van der Waals surface area contributed by atoms with E-state index in [1.807, 2.05) is 0 Å². The summed E-state index contributed by atoms with van der Waals surface area (Å²) in [6.45, 7) is 0. The highest BCUT2D eigenvalue weighted by Crippen LogP contribution is 2.27. The molecule has 1 N–H and O–H groups in total. The highest BCUT2D eigenvalue weighted by molar-refractivity contribution is 6.31. The molecule has 1 aromatic carbocycles. The van der Waals surface area contributed by atoms with Crippen LogP contribution >= 0.6 is 11.6 Å². The van der Waals surface area contributed by atoms with Crippen LogP contribution in [0.15, 0.2) is 18.2 Å². The number of methoxy groups -OCH3 is 2. The van der Waals surface area contributed by atoms with E-state index < -0.39 is 6.09 Å². The van der Waals surface area contributed by atoms with Gasteiger partial charge in [0.15, 0.2) is 0 Å². The Kier molecular flexibility index (Phi) is 3.59. The molecular formula is C9H10ClNO3. The van der Waals surface area contributed by atoms with E-state index in [-0.39, 0.29) is 0 Å². The number of ether oxygens (including phenoxy) is 2. The monoisotopic (exact) mass is 215 g/mol. The molecule has 0 heterocycles. The Bertz CT molecular complexity index is 341. The summed E-state index contributed by atoms with van der Waals surface area (Å²) < 4.78 is 9.46. The summed E-state index contributed by atoms with van der Waals surface area (Å²) in [4.78, 5) is 10.9. The van der Waals surface area contributed by atoms with Crippen molar-refractivity contribution in [2.75, 3.05) is 19.5 Å². The molecule has 5 heteroatoms. The van der Waals surface area contributed by atoms with Gasteiger partial charge in [-0.05, 0) is 18.2 Å². The number of hydrogen-bond donors (Lipinski definition) is 1. The first kappa shape index (κ1) is 10.7. The minimum Gasteiger partial charge on any atom is -0.495 e. The van der Waals surface area contributed by atoms with Gasteiger partial charge in [-0.15, -0.1) is 0 Å². The Labute approximate surface area is 86.8 Å². The third-order valence-electron chi connectivity index (χ3n) is 1.58. The summed E-state index contributed by atoms with van der Waals surface area (Å²) >= 11 is 5.75. The zero-order valence-electron chi connectivity index (χ0n) is 7.83. The molecule has 1 aromatic rings. The van der Waals surface area contributed by atoms with Crippen LogP contribution < -0.4 is 10.1 Å². The summed E-state index contributed by atoms with van der Waals surface area (Å²) in [5, 5.41) is 2.99. The van der Waals surface area contributed by atoms with Crippen molar-refractivity contribution in [1.82, 2.24) is 0 Å². The van der Waals surface area contributed by atoms with Crippen LogP contribution in [0.5, 0.6) is 5.75 Å². The Morgan fingerprint density at radius 1 is 1.43 bits per heavy atom. The van der Waals surface area contributed by atoms with Crippen molar-refractivity contribution in [3.05, 3.63) is 23.2 Å². The maximum absolute atomic E-state index is 10.9. The van der Waals surface area contributed by atoms with Crippen LogP contribution in [-0.4, -0.2) is 20.3 Å². The zero-order valence-corrected chi connectivity index (χ0v) is 8.59. The molecule has 0 aliphatic rings. The topological polar surface area (TPSA) is 47.6 Å². The third-order valence-corrected chi connectivity index (χ3v) is 1.82. The first-order chi connectivity index (χ1) is 6.67. The van der Waals surface area contributed by atoms with Gasteiger partial charge in [-0.25, -0.2) is 4.79 Å². The van der Waals surface area contributed by atoms with Crippen molar-refractivity contribution in [2.45, 2.75) is 0 Å². The van der Waals surface area contributed by atoms with Crippen LogP contribution in [0, 0.1) is 0 Å². The average Bonchev–Trinajstić information content (AvgIpc) is 2.18. The van der Waals surface area contributed by atoms with Crippen LogP contribution in [-0.2, 0) is 4.74 Å². The largest absolute Gasteiger partial charge is 0.495 e. The number of carbonyl (C=O) groups is 1. The second-order valence-corrected chi connectivity index (χ2v) is 2.90. The quantitative estimate of drug-likeness (QED) is 0.825. The first-order valence-corrected chi connectivity index (χ1v) is 4.23. The lowest BCUT2D eigenvalue weighted by atomic mass is 10.3. The van der Waals surface area contributed by atoms with E-state index in [1.54, 1.807) is 18.2 Å². The number of carbonyl (C=O) groups excluding carboxylic acids is 1. The summed E-state index contributed by atoms with van der Waals surface area (Å²) in [5.41, 5.74) is 0.479. The van der Waals surface area contributed by atoms with Gasteiger partial charge < -0.3 is 9.47 Å². The molecule has 0 bridgehead atoms. The molecule has 0 saturated carbocycles. The number of halogens is 1. The van der Waals surface area contributed by atoms with Crippen molar-refractivity contribution in [1.29, 1.82) is 0 Å². The Morgan fingerprint density at radius 3 is 2.71 bits per heavy atom. The van der Waals surface area contributed by atoms with Gasteiger partial charge in [0.25, 0.3) is 0 Å². The molecule has 1 rings (SSSR count). The molecule has 0 aromatic heterocycles. The standard InChI is InChI=1S/C9H10ClNO3/c1-13-8-4-3-6(10)5-7(8)11-9(12)14-2/h3-5H,1-2H3,(H,11,12). The van der Waals surface area contributed by atoms with Crippen LogP contribution in [0.1, 0.15) is 0 Å². The van der Waals surface area contributed by atoms with E-state index >= 15 is 0 Å². The maximum Gasteiger partial charge on any atom is 0.411 e. The van der Waals surface area contributed by atoms with Gasteiger partial charge in [-0.1, -0.05) is 11.6 Å². The van der Waals surface area contributed by atoms with Crippen molar-refractivity contribution < 1.29 is 14.3 Å². The summed E-state index contributed by atoms with van der Waals surface area (Å²) in [7, 11) is 2.79. The van der Waals surface area contributed by atoms with E-state index in [1.165, 1.54) is 14.2 Å². The number of nitrogens with one attached hydrogen (secondary N) is 1. The third kappa shape index (κ3) is 2.53. The molecule has 0 aliphatic heterocycles. The molecule has 0 radical (unpaired) electrons. The van der Waals surface area contributed by atoms with Crippen molar-refractivity contribution in [2.24, 2.45) is 0 Å². The summed E-state index contributed by atoms with van der Waals surface area (Å²) in [6, 6.07) is 4.91. The molecule has 4 nitrogen and oxygen atoms in total. The van der Waals surface area contributed by atoms with E-state index in [4.69, 9.17) is 16.3 Å². The van der Waals surface area contributed by atoms with Gasteiger partial charge in [0.2, 0.25) is 0 Å². The van der Waals surface area contributed by atoms with Gasteiger partial charge in [-0.2, -0.15) is 0 Å². The van der Waals surface area contributed by atoms with Crippen LogP contribution in [0.25, 0.3) is 0 Å². The number of hydrogen-bond acceptors (Lipinski definition) is 3. The van der Waals surface area contributed by atoms with E-state index in [0.29, 0.717) is 16.5 Å². The van der Waals surface area contributed by atoms with Crippen LogP contribution in [0.3, 0.4) is 0 Å². The average molecular weight is 216 g/mol. The smallest absolute Gasteiger partial charge is 0.411 e. The Morgan fingerprint density at radius 2 is 2.14 bits per heavy atom. The molecule has 0 unspecified atom stereocenters. The fraction of sp³-hybridized carbons (Fsp3) is 0.222. The minimum absolute atomic E-state index is 0.479. The minimum atomic E-state index is -0.564. The van der Waals surface area contributed by atoms with Crippen LogP contribution in [0.4, 0.5) is 10.5 Å². The highest BCUT2D eigenvalue weighted by atomic mass is 35.5. The second-order valence-electron chi connectivity index (χ2n) is 2.46. The number of benzene rings is 1. The fourth-order valence-electron chi connectivity index (χ4n) is 0.939. The SMILES string of the molecule is COC(=O)Nc1cc(Cl)ccc1OC. The normalized spacial score (nSPS) is 9.36. The van der Waals surface area contributed by atoms with Gasteiger partial charge in [0.1, 0.15) is 5.75 Å². The highest BCUT2D eigenvalue weighted by Gasteiger charge is 2.07. The zero-order chi connectivity index (χ0) is 10.6. The predicted octanol–water partition coefficient (Wildman–Crippen LogP) is 2.53. The number of anilines is 1. The molecule has 14 heavy (non-hydrogen) atoms. The number of amides is 1. The molecule has 0 saturated heterocycles. The molecule has 1 amide bonds. The van der Waals surface area contributed by atoms with E-state index in [9.17, 15) is 4.79 Å². The molecular weight excluding hydrogens is 206 g/mol. The Balaban J connectivity index is 2.93. The lowest BCUT2D eigenvalue weighted by Crippen LogP contribution is -2.11. The van der Waals surface area contributed by atoms with Crippen molar-refractivity contribution >= 4 is 23.4 Å². The second kappa shape index (κ2) is 4.72. The first-order valence-electron chi connectivity index (χ1n) is 3.86. The van der Waals surface area contributed by atoms with E-state index in [0.717, 1.165) is 0 Å². The Hall–Kier alpha value is -1.42. The summed E-state index contributed by atoms with van der Waals surface area (Å²) in [5.74, 6) is 0.528. The predicted molar refractivity (Wildman–Crippen MR) is 54.0 cm³/mol. The van der Waals surface area contributed by atoms with Crippen LogP contribution in [0.2, 0.25) is 5.02 Å². The molecule has 0 atom stereocenters. The molecule has 0 spiro atoms. The van der Waals surface area contributed by atoms with Gasteiger partial charge in [-0.3, -0.25) is 5.32 Å². The molecule has 0 aliphatic carbocycles. The van der Waals surface area contributed by atoms with Gasteiger partial charge in [0, 0.05) is 5.02 Å². The van der Waals surface area contributed by atoms with Crippen molar-refractivity contribution in [3.63, 3.8) is 0 Å². The van der Waals surface area contributed by atoms with Gasteiger partial charge in [0.05, 0.1) is 19.9 Å². The fourth-order valence-corrected chi connectivity index (χ4v) is 1.11. The molecule has 0 fully saturated rings. The lowest BCUT2D eigenvalue weighted by Gasteiger charge is -2.09. The maximum atomic E-state index is 10.9.